The molecule has 0 aliphatic rings. The molecule has 0 atom stereocenters. The maximum absolute atomic E-state index is 12.1. The summed E-state index contributed by atoms with van der Waals surface area (Å²) in [7, 11) is 0. The number of ether oxygens (including phenoxy) is 2. The predicted molar refractivity (Wildman–Crippen MR) is 103 cm³/mol. The molecular formula is C20H22N2O7. The fourth-order valence-electron chi connectivity index (χ4n) is 2.34. The van der Waals surface area contributed by atoms with Gasteiger partial charge in [0.2, 0.25) is 0 Å². The van der Waals surface area contributed by atoms with Gasteiger partial charge in [-0.25, -0.2) is 4.79 Å². The molecule has 2 aromatic carbocycles. The van der Waals surface area contributed by atoms with Gasteiger partial charge in [0.1, 0.15) is 17.2 Å². The molecule has 9 nitrogen and oxygen atoms in total. The fourth-order valence-corrected chi connectivity index (χ4v) is 2.34. The Morgan fingerprint density at radius 1 is 0.862 bits per heavy atom. The lowest BCUT2D eigenvalue weighted by molar-refractivity contribution is 0.0950. The molecule has 2 aromatic rings. The second kappa shape index (κ2) is 10.5. The smallest absolute Gasteiger partial charge is 0.508 e. The zero-order chi connectivity index (χ0) is 21.2. The molecule has 0 aliphatic carbocycles. The van der Waals surface area contributed by atoms with Crippen molar-refractivity contribution in [1.82, 2.24) is 10.6 Å². The lowest BCUT2D eigenvalue weighted by Crippen LogP contribution is -2.29. The van der Waals surface area contributed by atoms with E-state index in [0.29, 0.717) is 25.1 Å². The predicted octanol–water partition coefficient (Wildman–Crippen LogP) is 2.18. The van der Waals surface area contributed by atoms with E-state index in [9.17, 15) is 24.6 Å². The fraction of sp³-hybridized carbons (Fsp3) is 0.250. The van der Waals surface area contributed by atoms with Crippen LogP contribution >= 0.6 is 0 Å². The molecule has 154 valence electrons. The maximum atomic E-state index is 12.1. The van der Waals surface area contributed by atoms with Crippen LogP contribution in [0.1, 0.15) is 34.1 Å². The van der Waals surface area contributed by atoms with Gasteiger partial charge in [-0.05, 0) is 49.7 Å². The van der Waals surface area contributed by atoms with Crippen LogP contribution < -0.4 is 15.4 Å². The Balaban J connectivity index is 1.71. The Kier molecular flexibility index (Phi) is 7.84. The topological polar surface area (TPSA) is 134 Å². The van der Waals surface area contributed by atoms with Crippen LogP contribution in [-0.2, 0) is 4.74 Å². The minimum atomic E-state index is -0.812. The summed E-state index contributed by atoms with van der Waals surface area (Å²) < 4.78 is 9.57. The van der Waals surface area contributed by atoms with Crippen molar-refractivity contribution in [3.05, 3.63) is 53.6 Å². The van der Waals surface area contributed by atoms with Gasteiger partial charge in [0.05, 0.1) is 6.61 Å². The number of phenols is 2. The summed E-state index contributed by atoms with van der Waals surface area (Å²) in [6.07, 6.45) is -0.334. The van der Waals surface area contributed by atoms with Gasteiger partial charge in [-0.3, -0.25) is 9.59 Å². The average molecular weight is 402 g/mol. The highest BCUT2D eigenvalue weighted by molar-refractivity contribution is 5.95. The summed E-state index contributed by atoms with van der Waals surface area (Å²) >= 11 is 0. The van der Waals surface area contributed by atoms with Crippen molar-refractivity contribution >= 4 is 18.0 Å². The minimum absolute atomic E-state index is 0.136. The molecule has 29 heavy (non-hydrogen) atoms. The normalized spacial score (nSPS) is 10.1. The van der Waals surface area contributed by atoms with Crippen LogP contribution in [0.15, 0.2) is 42.5 Å². The van der Waals surface area contributed by atoms with E-state index in [1.807, 2.05) is 0 Å². The molecule has 0 fully saturated rings. The molecule has 9 heteroatoms. The van der Waals surface area contributed by atoms with Gasteiger partial charge in [-0.15, -0.1) is 0 Å². The summed E-state index contributed by atoms with van der Waals surface area (Å²) in [6.45, 7) is 2.49. The van der Waals surface area contributed by atoms with Crippen LogP contribution in [0.5, 0.6) is 17.2 Å². The average Bonchev–Trinajstić information content (AvgIpc) is 2.67. The largest absolute Gasteiger partial charge is 0.513 e. The molecule has 0 saturated heterocycles. The summed E-state index contributed by atoms with van der Waals surface area (Å²) in [6, 6.07) is 9.60. The van der Waals surface area contributed by atoms with Gasteiger partial charge in [-0.1, -0.05) is 0 Å². The highest BCUT2D eigenvalue weighted by Gasteiger charge is 2.10. The van der Waals surface area contributed by atoms with Crippen molar-refractivity contribution in [1.29, 1.82) is 0 Å². The molecule has 0 heterocycles. The second-order valence-corrected chi connectivity index (χ2v) is 5.91. The second-order valence-electron chi connectivity index (χ2n) is 5.91. The van der Waals surface area contributed by atoms with E-state index < -0.39 is 12.1 Å². The first-order valence-corrected chi connectivity index (χ1v) is 8.93. The third kappa shape index (κ3) is 7.06. The standard InChI is InChI=1S/C20H22N2O7/c1-2-28-20(27)29-17-6-4-13(5-7-17)18(25)21-8-3-9-22-19(26)14-10-15(23)12-16(24)11-14/h4-7,10-12,23-24H,2-3,8-9H2,1H3,(H,21,25)(H,22,26). The summed E-state index contributed by atoms with van der Waals surface area (Å²) in [5, 5.41) is 24.1. The van der Waals surface area contributed by atoms with E-state index in [4.69, 9.17) is 4.74 Å². The quantitative estimate of drug-likeness (QED) is 0.302. The molecule has 2 amide bonds. The van der Waals surface area contributed by atoms with E-state index in [0.717, 1.165) is 6.07 Å². The first-order chi connectivity index (χ1) is 13.9. The van der Waals surface area contributed by atoms with Crippen LogP contribution in [-0.4, -0.2) is 47.9 Å². The van der Waals surface area contributed by atoms with Gasteiger partial charge in [0.15, 0.2) is 0 Å². The highest BCUT2D eigenvalue weighted by atomic mass is 16.7. The van der Waals surface area contributed by atoms with E-state index in [1.54, 1.807) is 6.92 Å². The molecular weight excluding hydrogens is 380 g/mol. The van der Waals surface area contributed by atoms with Crippen LogP contribution in [0.3, 0.4) is 0 Å². The van der Waals surface area contributed by atoms with Crippen LogP contribution in [0, 0.1) is 0 Å². The lowest BCUT2D eigenvalue weighted by atomic mass is 10.2. The number of phenolic OH excluding ortho intramolecular Hbond substituents is 2. The number of hydrogen-bond acceptors (Lipinski definition) is 7. The van der Waals surface area contributed by atoms with Crippen molar-refractivity contribution in [2.24, 2.45) is 0 Å². The van der Waals surface area contributed by atoms with Gasteiger partial charge < -0.3 is 30.3 Å². The third-order valence-electron chi connectivity index (χ3n) is 3.67. The number of carbonyl (C=O) groups is 3. The highest BCUT2D eigenvalue weighted by Crippen LogP contribution is 2.20. The molecule has 2 rings (SSSR count). The molecule has 0 spiro atoms. The summed E-state index contributed by atoms with van der Waals surface area (Å²) in [4.78, 5) is 35.3. The SMILES string of the molecule is CCOC(=O)Oc1ccc(C(=O)NCCCNC(=O)c2cc(O)cc(O)c2)cc1. The van der Waals surface area contributed by atoms with Gasteiger partial charge in [0, 0.05) is 30.3 Å². The van der Waals surface area contributed by atoms with E-state index in [2.05, 4.69) is 15.4 Å². The number of benzene rings is 2. The van der Waals surface area contributed by atoms with Crippen LogP contribution in [0.25, 0.3) is 0 Å². The van der Waals surface area contributed by atoms with Crippen molar-refractivity contribution in [2.45, 2.75) is 13.3 Å². The van der Waals surface area contributed by atoms with Crippen molar-refractivity contribution in [3.8, 4) is 17.2 Å². The number of amides is 2. The van der Waals surface area contributed by atoms with E-state index in [1.165, 1.54) is 36.4 Å². The van der Waals surface area contributed by atoms with Crippen LogP contribution in [0.2, 0.25) is 0 Å². The Morgan fingerprint density at radius 3 is 1.97 bits per heavy atom. The first-order valence-electron chi connectivity index (χ1n) is 8.93. The molecule has 0 bridgehead atoms. The van der Waals surface area contributed by atoms with Gasteiger partial charge in [0.25, 0.3) is 11.8 Å². The first kappa shape index (κ1) is 21.5. The van der Waals surface area contributed by atoms with Crippen molar-refractivity contribution in [2.75, 3.05) is 19.7 Å². The molecule has 0 unspecified atom stereocenters. The molecule has 0 radical (unpaired) electrons. The Bertz CT molecular complexity index is 845. The minimum Gasteiger partial charge on any atom is -0.508 e. The molecule has 0 aliphatic heterocycles. The zero-order valence-electron chi connectivity index (χ0n) is 15.8. The number of aromatic hydroxyl groups is 2. The Hall–Kier alpha value is -3.75. The molecule has 0 aromatic heterocycles. The molecule has 4 N–H and O–H groups in total. The number of hydrogen-bond donors (Lipinski definition) is 4. The monoisotopic (exact) mass is 402 g/mol. The number of carbonyl (C=O) groups excluding carboxylic acids is 3. The zero-order valence-corrected chi connectivity index (χ0v) is 15.8. The third-order valence-corrected chi connectivity index (χ3v) is 3.67. The molecule has 0 saturated carbocycles. The summed E-state index contributed by atoms with van der Waals surface area (Å²) in [5.41, 5.74) is 0.525. The lowest BCUT2D eigenvalue weighted by Gasteiger charge is -2.08. The summed E-state index contributed by atoms with van der Waals surface area (Å²) in [5.74, 6) is -0.903. The van der Waals surface area contributed by atoms with Crippen molar-refractivity contribution in [3.63, 3.8) is 0 Å². The van der Waals surface area contributed by atoms with Gasteiger partial charge >= 0.3 is 6.16 Å². The van der Waals surface area contributed by atoms with Crippen LogP contribution in [0.4, 0.5) is 4.79 Å². The van der Waals surface area contributed by atoms with Crippen molar-refractivity contribution < 1.29 is 34.1 Å². The Morgan fingerprint density at radius 2 is 1.41 bits per heavy atom. The van der Waals surface area contributed by atoms with E-state index in [-0.39, 0.29) is 35.3 Å². The maximum Gasteiger partial charge on any atom is 0.513 e. The number of rotatable bonds is 8. The van der Waals surface area contributed by atoms with Gasteiger partial charge in [-0.2, -0.15) is 0 Å². The van der Waals surface area contributed by atoms with E-state index >= 15 is 0 Å². The number of nitrogens with one attached hydrogen (secondary N) is 2. The Labute approximate surface area is 167 Å².